The molecule has 0 aromatic heterocycles. The molecule has 0 saturated carbocycles. The van der Waals surface area contributed by atoms with Crippen LogP contribution in [0.3, 0.4) is 0 Å². The van der Waals surface area contributed by atoms with Crippen LogP contribution in [0.1, 0.15) is 17.5 Å². The molecule has 88 valence electrons. The molecule has 1 atom stereocenters. The van der Waals surface area contributed by atoms with Crippen LogP contribution in [-0.4, -0.2) is 29.7 Å². The van der Waals surface area contributed by atoms with Crippen molar-refractivity contribution < 1.29 is 5.11 Å². The molecule has 0 aliphatic carbocycles. The third kappa shape index (κ3) is 2.84. The molecule has 16 heavy (non-hydrogen) atoms. The Morgan fingerprint density at radius 1 is 1.50 bits per heavy atom. The molecule has 0 spiro atoms. The lowest BCUT2D eigenvalue weighted by Crippen LogP contribution is -2.21. The number of hydrogen-bond donors (Lipinski definition) is 1. The molecule has 0 bridgehead atoms. The largest absolute Gasteiger partial charge is 0.396 e. The average Bonchev–Trinajstić information content (AvgIpc) is 2.70. The average molecular weight is 284 g/mol. The van der Waals surface area contributed by atoms with Gasteiger partial charge < -0.3 is 5.11 Å². The molecule has 2 nitrogen and oxygen atoms in total. The van der Waals surface area contributed by atoms with Gasteiger partial charge in [-0.3, -0.25) is 4.90 Å². The monoisotopic (exact) mass is 283 g/mol. The zero-order chi connectivity index (χ0) is 11.5. The summed E-state index contributed by atoms with van der Waals surface area (Å²) in [5.41, 5.74) is 2.73. The van der Waals surface area contributed by atoms with Gasteiger partial charge in [0.15, 0.2) is 0 Å². The predicted octanol–water partition coefficient (Wildman–Crippen LogP) is 2.57. The second kappa shape index (κ2) is 5.30. The highest BCUT2D eigenvalue weighted by Gasteiger charge is 2.21. The van der Waals surface area contributed by atoms with E-state index in [0.29, 0.717) is 12.5 Å². The maximum Gasteiger partial charge on any atom is 0.0471 e. The van der Waals surface area contributed by atoms with E-state index in [9.17, 15) is 0 Å². The minimum atomic E-state index is 0.329. The first kappa shape index (κ1) is 12.1. The van der Waals surface area contributed by atoms with Gasteiger partial charge in [-0.15, -0.1) is 0 Å². The Morgan fingerprint density at radius 2 is 2.31 bits per heavy atom. The summed E-state index contributed by atoms with van der Waals surface area (Å²) in [6.07, 6.45) is 1.13. The number of aliphatic hydroxyl groups is 1. The van der Waals surface area contributed by atoms with Crippen molar-refractivity contribution in [3.63, 3.8) is 0 Å². The predicted molar refractivity (Wildman–Crippen MR) is 69.3 cm³/mol. The van der Waals surface area contributed by atoms with Crippen LogP contribution >= 0.6 is 15.9 Å². The Kier molecular flexibility index (Phi) is 4.00. The molecular weight excluding hydrogens is 266 g/mol. The van der Waals surface area contributed by atoms with Gasteiger partial charge in [-0.25, -0.2) is 0 Å². The molecule has 1 heterocycles. The van der Waals surface area contributed by atoms with E-state index in [1.165, 1.54) is 11.1 Å². The molecular formula is C13H18BrNO. The van der Waals surface area contributed by atoms with Crippen LogP contribution in [0.2, 0.25) is 0 Å². The third-order valence-corrected chi connectivity index (χ3v) is 3.82. The van der Waals surface area contributed by atoms with Gasteiger partial charge in [0.2, 0.25) is 0 Å². The highest BCUT2D eigenvalue weighted by atomic mass is 79.9. The van der Waals surface area contributed by atoms with Crippen molar-refractivity contribution in [3.05, 3.63) is 33.8 Å². The Morgan fingerprint density at radius 3 is 2.94 bits per heavy atom. The van der Waals surface area contributed by atoms with Crippen LogP contribution in [0.15, 0.2) is 22.7 Å². The standard InChI is InChI=1S/C13H18BrNO/c1-10-6-13(14)3-2-12(10)8-15-5-4-11(7-15)9-16/h2-3,6,11,16H,4-5,7-9H2,1H3. The van der Waals surface area contributed by atoms with Crippen molar-refractivity contribution in [1.29, 1.82) is 0 Å². The van der Waals surface area contributed by atoms with Gasteiger partial charge in [-0.05, 0) is 49.1 Å². The van der Waals surface area contributed by atoms with Crippen molar-refractivity contribution in [1.82, 2.24) is 4.90 Å². The highest BCUT2D eigenvalue weighted by Crippen LogP contribution is 2.21. The first-order chi connectivity index (χ1) is 7.69. The Bertz CT molecular complexity index is 367. The van der Waals surface area contributed by atoms with Crippen LogP contribution in [0.4, 0.5) is 0 Å². The van der Waals surface area contributed by atoms with Gasteiger partial charge in [0.05, 0.1) is 0 Å². The molecule has 2 rings (SSSR count). The first-order valence-corrected chi connectivity index (χ1v) is 6.56. The Balaban J connectivity index is 1.99. The van der Waals surface area contributed by atoms with Gasteiger partial charge in [-0.1, -0.05) is 22.0 Å². The maximum absolute atomic E-state index is 9.11. The van der Waals surface area contributed by atoms with Gasteiger partial charge in [0.25, 0.3) is 0 Å². The molecule has 0 radical (unpaired) electrons. The summed E-state index contributed by atoms with van der Waals surface area (Å²) in [6.45, 7) is 5.64. The van der Waals surface area contributed by atoms with E-state index >= 15 is 0 Å². The van der Waals surface area contributed by atoms with Crippen LogP contribution in [0.25, 0.3) is 0 Å². The van der Waals surface area contributed by atoms with Crippen molar-refractivity contribution >= 4 is 15.9 Å². The zero-order valence-corrected chi connectivity index (χ0v) is 11.2. The SMILES string of the molecule is Cc1cc(Br)ccc1CN1CCC(CO)C1. The molecule has 1 unspecified atom stereocenters. The van der Waals surface area contributed by atoms with Gasteiger partial charge in [0.1, 0.15) is 0 Å². The van der Waals surface area contributed by atoms with Crippen LogP contribution < -0.4 is 0 Å². The van der Waals surface area contributed by atoms with Crippen molar-refractivity contribution in [3.8, 4) is 0 Å². The number of halogens is 1. The molecule has 1 aromatic carbocycles. The Labute approximate surface area is 105 Å². The smallest absolute Gasteiger partial charge is 0.0471 e. The van der Waals surface area contributed by atoms with E-state index in [1.54, 1.807) is 0 Å². The lowest BCUT2D eigenvalue weighted by molar-refractivity contribution is 0.220. The fraction of sp³-hybridized carbons (Fsp3) is 0.538. The van der Waals surface area contributed by atoms with E-state index in [4.69, 9.17) is 5.11 Å². The topological polar surface area (TPSA) is 23.5 Å². The summed E-state index contributed by atoms with van der Waals surface area (Å²) in [7, 11) is 0. The summed E-state index contributed by atoms with van der Waals surface area (Å²) in [5, 5.41) is 9.11. The summed E-state index contributed by atoms with van der Waals surface area (Å²) >= 11 is 3.48. The zero-order valence-electron chi connectivity index (χ0n) is 9.62. The number of nitrogens with zero attached hydrogens (tertiary/aromatic N) is 1. The Hall–Kier alpha value is -0.380. The fourth-order valence-corrected chi connectivity index (χ4v) is 2.76. The first-order valence-electron chi connectivity index (χ1n) is 5.77. The number of benzene rings is 1. The summed E-state index contributed by atoms with van der Waals surface area (Å²) in [5.74, 6) is 0.482. The van der Waals surface area contributed by atoms with E-state index < -0.39 is 0 Å². The molecule has 1 fully saturated rings. The second-order valence-electron chi connectivity index (χ2n) is 4.64. The molecule has 1 saturated heterocycles. The summed E-state index contributed by atoms with van der Waals surface area (Å²) in [6, 6.07) is 6.45. The number of likely N-dealkylation sites (tertiary alicyclic amines) is 1. The van der Waals surface area contributed by atoms with Crippen molar-refractivity contribution in [2.75, 3.05) is 19.7 Å². The summed E-state index contributed by atoms with van der Waals surface area (Å²) in [4.78, 5) is 2.43. The highest BCUT2D eigenvalue weighted by molar-refractivity contribution is 9.10. The number of hydrogen-bond acceptors (Lipinski definition) is 2. The van der Waals surface area contributed by atoms with Crippen LogP contribution in [0.5, 0.6) is 0 Å². The number of aryl methyl sites for hydroxylation is 1. The van der Waals surface area contributed by atoms with Crippen LogP contribution in [-0.2, 0) is 6.54 Å². The lowest BCUT2D eigenvalue weighted by Gasteiger charge is -2.17. The van der Waals surface area contributed by atoms with E-state index in [0.717, 1.165) is 30.5 Å². The van der Waals surface area contributed by atoms with Crippen molar-refractivity contribution in [2.45, 2.75) is 19.9 Å². The fourth-order valence-electron chi connectivity index (χ4n) is 2.28. The van der Waals surface area contributed by atoms with Gasteiger partial charge >= 0.3 is 0 Å². The van der Waals surface area contributed by atoms with Gasteiger partial charge in [0, 0.05) is 24.2 Å². The minimum absolute atomic E-state index is 0.329. The third-order valence-electron chi connectivity index (χ3n) is 3.33. The molecule has 1 N–H and O–H groups in total. The summed E-state index contributed by atoms with van der Waals surface area (Å²) < 4.78 is 1.14. The van der Waals surface area contributed by atoms with Crippen LogP contribution in [0, 0.1) is 12.8 Å². The normalized spacial score (nSPS) is 21.6. The molecule has 1 aromatic rings. The molecule has 1 aliphatic heterocycles. The minimum Gasteiger partial charge on any atom is -0.396 e. The molecule has 1 aliphatic rings. The maximum atomic E-state index is 9.11. The van der Waals surface area contributed by atoms with E-state index in [-0.39, 0.29) is 0 Å². The van der Waals surface area contributed by atoms with E-state index in [2.05, 4.69) is 46.0 Å². The lowest BCUT2D eigenvalue weighted by atomic mass is 10.1. The number of aliphatic hydroxyl groups excluding tert-OH is 1. The second-order valence-corrected chi connectivity index (χ2v) is 5.56. The van der Waals surface area contributed by atoms with Crippen molar-refractivity contribution in [2.24, 2.45) is 5.92 Å². The molecule has 3 heteroatoms. The quantitative estimate of drug-likeness (QED) is 0.922. The van der Waals surface area contributed by atoms with Gasteiger partial charge in [-0.2, -0.15) is 0 Å². The van der Waals surface area contributed by atoms with E-state index in [1.807, 2.05) is 0 Å². The molecule has 0 amide bonds. The number of rotatable bonds is 3.